The normalized spacial score (nSPS) is 37.9. The summed E-state index contributed by atoms with van der Waals surface area (Å²) in [5.41, 5.74) is 6.80. The summed E-state index contributed by atoms with van der Waals surface area (Å²) in [5.74, 6) is 0.790. The van der Waals surface area contributed by atoms with E-state index in [0.29, 0.717) is 0 Å². The van der Waals surface area contributed by atoms with Gasteiger partial charge in [0, 0.05) is 30.8 Å². The third kappa shape index (κ3) is 3.67. The first-order valence-electron chi connectivity index (χ1n) is 7.13. The van der Waals surface area contributed by atoms with Gasteiger partial charge in [0.15, 0.2) is 0 Å². The van der Waals surface area contributed by atoms with E-state index in [1.165, 1.54) is 25.7 Å². The lowest BCUT2D eigenvalue weighted by molar-refractivity contribution is 0.0411. The number of nitrogens with one attached hydrogen (secondary N) is 1. The molecule has 3 heteroatoms. The molecule has 100 valence electrons. The first-order chi connectivity index (χ1) is 8.02. The Morgan fingerprint density at radius 2 is 2.00 bits per heavy atom. The van der Waals surface area contributed by atoms with E-state index in [4.69, 9.17) is 10.5 Å². The lowest BCUT2D eigenvalue weighted by Gasteiger charge is -2.42. The summed E-state index contributed by atoms with van der Waals surface area (Å²) in [4.78, 5) is 0. The van der Waals surface area contributed by atoms with E-state index in [2.05, 4.69) is 19.2 Å². The highest BCUT2D eigenvalue weighted by Crippen LogP contribution is 2.31. The Morgan fingerprint density at radius 3 is 2.65 bits per heavy atom. The molecule has 2 unspecified atom stereocenters. The van der Waals surface area contributed by atoms with Gasteiger partial charge in [-0.05, 0) is 38.5 Å². The Bertz CT molecular complexity index is 251. The molecule has 1 heterocycles. The summed E-state index contributed by atoms with van der Waals surface area (Å²) in [7, 11) is 0. The van der Waals surface area contributed by atoms with E-state index < -0.39 is 0 Å². The number of hydrogen-bond acceptors (Lipinski definition) is 3. The molecule has 1 saturated carbocycles. The molecule has 3 nitrogen and oxygen atoms in total. The van der Waals surface area contributed by atoms with Crippen LogP contribution in [0.5, 0.6) is 0 Å². The molecule has 0 bridgehead atoms. The van der Waals surface area contributed by atoms with Gasteiger partial charge < -0.3 is 15.8 Å². The molecule has 2 fully saturated rings. The molecule has 2 atom stereocenters. The second-order valence-electron chi connectivity index (χ2n) is 6.59. The summed E-state index contributed by atoms with van der Waals surface area (Å²) in [6, 6.07) is 0. The van der Waals surface area contributed by atoms with Gasteiger partial charge in [0.25, 0.3) is 0 Å². The fourth-order valence-corrected chi connectivity index (χ4v) is 3.25. The Hall–Kier alpha value is -0.120. The second-order valence-corrected chi connectivity index (χ2v) is 6.59. The van der Waals surface area contributed by atoms with Gasteiger partial charge in [0.05, 0.1) is 0 Å². The van der Waals surface area contributed by atoms with Crippen molar-refractivity contribution in [2.75, 3.05) is 19.8 Å². The molecule has 1 aliphatic carbocycles. The molecule has 17 heavy (non-hydrogen) atoms. The Balaban J connectivity index is 1.83. The molecule has 3 N–H and O–H groups in total. The topological polar surface area (TPSA) is 47.3 Å². The van der Waals surface area contributed by atoms with Crippen molar-refractivity contribution in [2.45, 2.75) is 63.5 Å². The molecule has 0 aromatic carbocycles. The Kier molecular flexibility index (Phi) is 4.11. The number of ether oxygens (including phenoxy) is 1. The third-order valence-electron chi connectivity index (χ3n) is 4.59. The van der Waals surface area contributed by atoms with Crippen LogP contribution in [0.1, 0.15) is 52.4 Å². The van der Waals surface area contributed by atoms with E-state index in [1.54, 1.807) is 0 Å². The van der Waals surface area contributed by atoms with Crippen LogP contribution in [-0.2, 0) is 4.74 Å². The molecule has 0 aromatic rings. The smallest absolute Gasteiger partial charge is 0.0483 e. The highest BCUT2D eigenvalue weighted by atomic mass is 16.5. The molecule has 2 rings (SSSR count). The Labute approximate surface area is 105 Å². The molecule has 0 spiro atoms. The van der Waals surface area contributed by atoms with Crippen molar-refractivity contribution in [1.29, 1.82) is 0 Å². The van der Waals surface area contributed by atoms with Crippen LogP contribution in [0.2, 0.25) is 0 Å². The monoisotopic (exact) mass is 240 g/mol. The molecular weight excluding hydrogens is 212 g/mol. The van der Waals surface area contributed by atoms with Crippen LogP contribution in [0.25, 0.3) is 0 Å². The van der Waals surface area contributed by atoms with E-state index >= 15 is 0 Å². The number of hydrogen-bond donors (Lipinski definition) is 2. The van der Waals surface area contributed by atoms with Gasteiger partial charge in [-0.1, -0.05) is 19.8 Å². The maximum atomic E-state index is 6.53. The zero-order valence-corrected chi connectivity index (χ0v) is 11.4. The van der Waals surface area contributed by atoms with E-state index in [0.717, 1.165) is 38.5 Å². The van der Waals surface area contributed by atoms with Gasteiger partial charge in [-0.25, -0.2) is 0 Å². The van der Waals surface area contributed by atoms with Crippen LogP contribution < -0.4 is 11.1 Å². The molecule has 0 aromatic heterocycles. The Morgan fingerprint density at radius 1 is 1.29 bits per heavy atom. The van der Waals surface area contributed by atoms with E-state index in [-0.39, 0.29) is 11.1 Å². The van der Waals surface area contributed by atoms with Crippen LogP contribution in [0, 0.1) is 5.92 Å². The first-order valence-corrected chi connectivity index (χ1v) is 7.13. The fraction of sp³-hybridized carbons (Fsp3) is 1.00. The molecular formula is C14H28N2O. The predicted octanol–water partition coefficient (Wildman–Crippen LogP) is 2.05. The number of nitrogens with two attached hydrogens (primary N) is 1. The summed E-state index contributed by atoms with van der Waals surface area (Å²) in [6.07, 6.45) is 7.21. The average molecular weight is 240 g/mol. The van der Waals surface area contributed by atoms with E-state index in [9.17, 15) is 0 Å². The zero-order valence-electron chi connectivity index (χ0n) is 11.4. The van der Waals surface area contributed by atoms with Gasteiger partial charge >= 0.3 is 0 Å². The maximum absolute atomic E-state index is 6.53. The minimum absolute atomic E-state index is 0.0268. The van der Waals surface area contributed by atoms with Crippen molar-refractivity contribution in [3.05, 3.63) is 0 Å². The molecule has 2 aliphatic rings. The summed E-state index contributed by atoms with van der Waals surface area (Å²) in [5, 5.41) is 3.72. The minimum Gasteiger partial charge on any atom is -0.381 e. The lowest BCUT2D eigenvalue weighted by Crippen LogP contribution is -2.57. The maximum Gasteiger partial charge on any atom is 0.0483 e. The van der Waals surface area contributed by atoms with Gasteiger partial charge in [-0.15, -0.1) is 0 Å². The molecule has 1 saturated heterocycles. The van der Waals surface area contributed by atoms with Gasteiger partial charge in [0.2, 0.25) is 0 Å². The van der Waals surface area contributed by atoms with Crippen molar-refractivity contribution in [1.82, 2.24) is 5.32 Å². The summed E-state index contributed by atoms with van der Waals surface area (Å²) < 4.78 is 5.43. The van der Waals surface area contributed by atoms with Gasteiger partial charge in [-0.3, -0.25) is 0 Å². The zero-order chi connectivity index (χ0) is 12.4. The SMILES string of the molecule is CC1CCCC(N)(CNC2(C)CCOCC2)C1. The van der Waals surface area contributed by atoms with Crippen molar-refractivity contribution in [3.8, 4) is 0 Å². The lowest BCUT2D eigenvalue weighted by atomic mass is 9.76. The van der Waals surface area contributed by atoms with Crippen LogP contribution >= 0.6 is 0 Å². The average Bonchev–Trinajstić information content (AvgIpc) is 2.28. The van der Waals surface area contributed by atoms with Crippen LogP contribution in [-0.4, -0.2) is 30.8 Å². The molecule has 0 amide bonds. The first kappa shape index (κ1) is 13.3. The molecule has 1 aliphatic heterocycles. The van der Waals surface area contributed by atoms with Gasteiger partial charge in [-0.2, -0.15) is 0 Å². The van der Waals surface area contributed by atoms with Crippen LogP contribution in [0.15, 0.2) is 0 Å². The highest BCUT2D eigenvalue weighted by Gasteiger charge is 2.34. The van der Waals surface area contributed by atoms with Crippen molar-refractivity contribution >= 4 is 0 Å². The summed E-state index contributed by atoms with van der Waals surface area (Å²) in [6.45, 7) is 7.38. The summed E-state index contributed by atoms with van der Waals surface area (Å²) >= 11 is 0. The number of rotatable bonds is 3. The van der Waals surface area contributed by atoms with Crippen molar-refractivity contribution < 1.29 is 4.74 Å². The minimum atomic E-state index is 0.0268. The highest BCUT2D eigenvalue weighted by molar-refractivity contribution is 4.95. The molecule has 0 radical (unpaired) electrons. The quantitative estimate of drug-likeness (QED) is 0.794. The van der Waals surface area contributed by atoms with E-state index in [1.807, 2.05) is 0 Å². The largest absolute Gasteiger partial charge is 0.381 e. The fourth-order valence-electron chi connectivity index (χ4n) is 3.25. The second kappa shape index (κ2) is 5.25. The van der Waals surface area contributed by atoms with Crippen LogP contribution in [0.3, 0.4) is 0 Å². The predicted molar refractivity (Wildman–Crippen MR) is 71.0 cm³/mol. The van der Waals surface area contributed by atoms with Gasteiger partial charge in [0.1, 0.15) is 0 Å². The van der Waals surface area contributed by atoms with Crippen molar-refractivity contribution in [2.24, 2.45) is 11.7 Å². The third-order valence-corrected chi connectivity index (χ3v) is 4.59. The van der Waals surface area contributed by atoms with Crippen molar-refractivity contribution in [3.63, 3.8) is 0 Å². The standard InChI is InChI=1S/C14H28N2O/c1-12-4-3-5-14(15,10-12)11-16-13(2)6-8-17-9-7-13/h12,16H,3-11,15H2,1-2H3. The van der Waals surface area contributed by atoms with Crippen LogP contribution in [0.4, 0.5) is 0 Å².